The summed E-state index contributed by atoms with van der Waals surface area (Å²) in [5.41, 5.74) is 2.61. The molecule has 0 spiro atoms. The molecule has 0 radical (unpaired) electrons. The summed E-state index contributed by atoms with van der Waals surface area (Å²) in [5, 5.41) is 11.0. The van der Waals surface area contributed by atoms with Gasteiger partial charge in [-0.05, 0) is 40.1 Å². The molecular formula is C17H12O2. The molecule has 2 heteroatoms. The van der Waals surface area contributed by atoms with E-state index >= 15 is 0 Å². The van der Waals surface area contributed by atoms with Gasteiger partial charge in [0.15, 0.2) is 0 Å². The highest BCUT2D eigenvalue weighted by Gasteiger charge is 2.04. The first kappa shape index (κ1) is 11.5. The number of fused-ring (bicyclic) bond motifs is 1. The number of benzene rings is 3. The molecule has 3 aromatic rings. The van der Waals surface area contributed by atoms with Crippen molar-refractivity contribution >= 4 is 16.7 Å². The van der Waals surface area contributed by atoms with Gasteiger partial charge in [0.1, 0.15) is 0 Å². The highest BCUT2D eigenvalue weighted by Crippen LogP contribution is 2.25. The normalized spacial score (nSPS) is 10.5. The van der Waals surface area contributed by atoms with E-state index in [1.54, 1.807) is 12.1 Å². The Morgan fingerprint density at radius 2 is 1.42 bits per heavy atom. The first-order chi connectivity index (χ1) is 9.24. The van der Waals surface area contributed by atoms with Crippen LogP contribution in [0.2, 0.25) is 0 Å². The molecule has 2 nitrogen and oxygen atoms in total. The predicted molar refractivity (Wildman–Crippen MR) is 76.3 cm³/mol. The molecule has 19 heavy (non-hydrogen) atoms. The quantitative estimate of drug-likeness (QED) is 0.737. The lowest BCUT2D eigenvalue weighted by atomic mass is 10.00. The van der Waals surface area contributed by atoms with Crippen LogP contribution in [0.4, 0.5) is 0 Å². The van der Waals surface area contributed by atoms with Gasteiger partial charge in [-0.25, -0.2) is 4.79 Å². The Balaban J connectivity index is 2.12. The number of hydrogen-bond donors (Lipinski definition) is 1. The third kappa shape index (κ3) is 2.20. The topological polar surface area (TPSA) is 37.3 Å². The van der Waals surface area contributed by atoms with Crippen molar-refractivity contribution in [3.63, 3.8) is 0 Å². The SMILES string of the molecule is O=C(O)c1ccc2cc(-c3ccccc3)ccc2c1. The zero-order valence-corrected chi connectivity index (χ0v) is 10.2. The second-order valence-electron chi connectivity index (χ2n) is 4.45. The van der Waals surface area contributed by atoms with Gasteiger partial charge in [-0.3, -0.25) is 0 Å². The van der Waals surface area contributed by atoms with Crippen molar-refractivity contribution in [2.24, 2.45) is 0 Å². The first-order valence-electron chi connectivity index (χ1n) is 6.06. The Morgan fingerprint density at radius 1 is 0.737 bits per heavy atom. The van der Waals surface area contributed by atoms with E-state index in [9.17, 15) is 4.79 Å². The lowest BCUT2D eigenvalue weighted by molar-refractivity contribution is 0.0697. The zero-order valence-electron chi connectivity index (χ0n) is 10.2. The molecule has 0 atom stereocenters. The maximum Gasteiger partial charge on any atom is 0.335 e. The summed E-state index contributed by atoms with van der Waals surface area (Å²) in [5.74, 6) is -0.894. The molecule has 92 valence electrons. The fraction of sp³-hybridized carbons (Fsp3) is 0. The van der Waals surface area contributed by atoms with Crippen molar-refractivity contribution in [2.75, 3.05) is 0 Å². The van der Waals surface area contributed by atoms with Crippen molar-refractivity contribution in [1.29, 1.82) is 0 Å². The molecule has 0 aliphatic rings. The van der Waals surface area contributed by atoms with Crippen molar-refractivity contribution in [2.45, 2.75) is 0 Å². The smallest absolute Gasteiger partial charge is 0.335 e. The van der Waals surface area contributed by atoms with E-state index in [0.29, 0.717) is 5.56 Å². The average Bonchev–Trinajstić information content (AvgIpc) is 2.47. The van der Waals surface area contributed by atoms with Crippen LogP contribution in [0, 0.1) is 0 Å². The number of rotatable bonds is 2. The predicted octanol–water partition coefficient (Wildman–Crippen LogP) is 4.21. The molecule has 0 fully saturated rings. The lowest BCUT2D eigenvalue weighted by Crippen LogP contribution is -1.95. The monoisotopic (exact) mass is 248 g/mol. The minimum atomic E-state index is -0.894. The van der Waals surface area contributed by atoms with Gasteiger partial charge in [-0.15, -0.1) is 0 Å². The first-order valence-corrected chi connectivity index (χ1v) is 6.06. The minimum absolute atomic E-state index is 0.319. The molecular weight excluding hydrogens is 236 g/mol. The molecule has 3 rings (SSSR count). The summed E-state index contributed by atoms with van der Waals surface area (Å²) in [7, 11) is 0. The zero-order chi connectivity index (χ0) is 13.2. The van der Waals surface area contributed by atoms with Crippen LogP contribution in [0.25, 0.3) is 21.9 Å². The molecule has 0 saturated heterocycles. The summed E-state index contributed by atoms with van der Waals surface area (Å²) < 4.78 is 0. The molecule has 0 heterocycles. The van der Waals surface area contributed by atoms with Crippen LogP contribution in [0.3, 0.4) is 0 Å². The number of carbonyl (C=O) groups is 1. The van der Waals surface area contributed by atoms with Crippen molar-refractivity contribution in [3.05, 3.63) is 72.3 Å². The maximum absolute atomic E-state index is 10.9. The standard InChI is InChI=1S/C17H12O2/c18-17(19)16-9-8-14-10-13(6-7-15(14)11-16)12-4-2-1-3-5-12/h1-11H,(H,18,19). The molecule has 0 saturated carbocycles. The summed E-state index contributed by atoms with van der Waals surface area (Å²) in [6.07, 6.45) is 0. The molecule has 0 aliphatic carbocycles. The van der Waals surface area contributed by atoms with Crippen LogP contribution < -0.4 is 0 Å². The largest absolute Gasteiger partial charge is 0.478 e. The lowest BCUT2D eigenvalue weighted by Gasteiger charge is -2.05. The van der Waals surface area contributed by atoms with E-state index in [-0.39, 0.29) is 0 Å². The maximum atomic E-state index is 10.9. The highest BCUT2D eigenvalue weighted by atomic mass is 16.4. The van der Waals surface area contributed by atoms with Gasteiger partial charge in [-0.2, -0.15) is 0 Å². The third-order valence-corrected chi connectivity index (χ3v) is 3.19. The fourth-order valence-electron chi connectivity index (χ4n) is 2.19. The summed E-state index contributed by atoms with van der Waals surface area (Å²) >= 11 is 0. The number of carboxylic acids is 1. The van der Waals surface area contributed by atoms with E-state index in [2.05, 4.69) is 18.2 Å². The van der Waals surface area contributed by atoms with Crippen LogP contribution in [0.1, 0.15) is 10.4 Å². The number of aromatic carboxylic acids is 1. The van der Waals surface area contributed by atoms with Crippen LogP contribution in [-0.2, 0) is 0 Å². The minimum Gasteiger partial charge on any atom is -0.478 e. The average molecular weight is 248 g/mol. The Hall–Kier alpha value is -2.61. The summed E-state index contributed by atoms with van der Waals surface area (Å²) in [6, 6.07) is 21.4. The number of carboxylic acid groups (broad SMARTS) is 1. The van der Waals surface area contributed by atoms with Crippen molar-refractivity contribution in [3.8, 4) is 11.1 Å². The molecule has 0 unspecified atom stereocenters. The number of hydrogen-bond acceptors (Lipinski definition) is 1. The Labute approximate surface area is 110 Å². The van der Waals surface area contributed by atoms with Gasteiger partial charge >= 0.3 is 5.97 Å². The van der Waals surface area contributed by atoms with Gasteiger partial charge in [0.05, 0.1) is 5.56 Å². The summed E-state index contributed by atoms with van der Waals surface area (Å²) in [6.45, 7) is 0. The van der Waals surface area contributed by atoms with Crippen LogP contribution in [-0.4, -0.2) is 11.1 Å². The fourth-order valence-corrected chi connectivity index (χ4v) is 2.19. The van der Waals surface area contributed by atoms with Crippen molar-refractivity contribution < 1.29 is 9.90 Å². The van der Waals surface area contributed by atoms with E-state index in [1.165, 1.54) is 0 Å². The van der Waals surface area contributed by atoms with Gasteiger partial charge in [0.25, 0.3) is 0 Å². The highest BCUT2D eigenvalue weighted by molar-refractivity contribution is 5.95. The van der Waals surface area contributed by atoms with Crippen LogP contribution >= 0.6 is 0 Å². The Bertz CT molecular complexity index is 746. The molecule has 3 aromatic carbocycles. The van der Waals surface area contributed by atoms with E-state index in [1.807, 2.05) is 36.4 Å². The second kappa shape index (κ2) is 4.58. The van der Waals surface area contributed by atoms with E-state index in [4.69, 9.17) is 5.11 Å². The molecule has 1 N–H and O–H groups in total. The van der Waals surface area contributed by atoms with Crippen LogP contribution in [0.5, 0.6) is 0 Å². The molecule has 0 aromatic heterocycles. The van der Waals surface area contributed by atoms with E-state index in [0.717, 1.165) is 21.9 Å². The van der Waals surface area contributed by atoms with Crippen molar-refractivity contribution in [1.82, 2.24) is 0 Å². The van der Waals surface area contributed by atoms with E-state index < -0.39 is 5.97 Å². The van der Waals surface area contributed by atoms with Gasteiger partial charge in [0, 0.05) is 0 Å². The van der Waals surface area contributed by atoms with Gasteiger partial charge < -0.3 is 5.11 Å². The van der Waals surface area contributed by atoms with Gasteiger partial charge in [-0.1, -0.05) is 48.5 Å². The summed E-state index contributed by atoms with van der Waals surface area (Å²) in [4.78, 5) is 10.9. The second-order valence-corrected chi connectivity index (χ2v) is 4.45. The third-order valence-electron chi connectivity index (χ3n) is 3.19. The Kier molecular flexibility index (Phi) is 2.76. The Morgan fingerprint density at radius 3 is 2.16 bits per heavy atom. The molecule has 0 aliphatic heterocycles. The molecule has 0 bridgehead atoms. The molecule has 0 amide bonds. The van der Waals surface area contributed by atoms with Gasteiger partial charge in [0.2, 0.25) is 0 Å². The van der Waals surface area contributed by atoms with Crippen LogP contribution in [0.15, 0.2) is 66.7 Å².